The van der Waals surface area contributed by atoms with Crippen LogP contribution < -0.4 is 10.9 Å². The van der Waals surface area contributed by atoms with Gasteiger partial charge in [0.05, 0.1) is 5.39 Å². The Morgan fingerprint density at radius 1 is 1.13 bits per heavy atom. The molecule has 23 heavy (non-hydrogen) atoms. The number of carbonyl (C=O) groups excluding carboxylic acids is 1. The van der Waals surface area contributed by atoms with Crippen molar-refractivity contribution >= 4 is 27.3 Å². The summed E-state index contributed by atoms with van der Waals surface area (Å²) in [6.45, 7) is 0.680. The number of aromatic nitrogens is 1. The third kappa shape index (κ3) is 3.87. The van der Waals surface area contributed by atoms with Crippen molar-refractivity contribution in [1.29, 1.82) is 0 Å². The third-order valence-electron chi connectivity index (χ3n) is 3.71. The smallest absolute Gasteiger partial charge is 0.259 e. The van der Waals surface area contributed by atoms with Gasteiger partial charge in [0.15, 0.2) is 0 Å². The van der Waals surface area contributed by atoms with Gasteiger partial charge >= 0.3 is 0 Å². The van der Waals surface area contributed by atoms with Gasteiger partial charge in [-0.1, -0.05) is 30.3 Å². The summed E-state index contributed by atoms with van der Waals surface area (Å²) in [5, 5.41) is 5.44. The first-order valence-corrected chi connectivity index (χ1v) is 8.49. The van der Waals surface area contributed by atoms with E-state index in [-0.39, 0.29) is 18.0 Å². The molecule has 0 aliphatic carbocycles. The Kier molecular flexibility index (Phi) is 4.88. The van der Waals surface area contributed by atoms with Gasteiger partial charge < -0.3 is 9.88 Å². The number of aryl methyl sites for hydroxylation is 1. The van der Waals surface area contributed by atoms with Crippen molar-refractivity contribution < 1.29 is 4.79 Å². The van der Waals surface area contributed by atoms with Gasteiger partial charge in [0.1, 0.15) is 6.54 Å². The maximum Gasteiger partial charge on any atom is 0.259 e. The minimum atomic E-state index is -0.130. The van der Waals surface area contributed by atoms with Gasteiger partial charge in [-0.2, -0.15) is 0 Å². The lowest BCUT2D eigenvalue weighted by Crippen LogP contribution is -2.32. The molecule has 1 amide bonds. The zero-order valence-electron chi connectivity index (χ0n) is 12.7. The fourth-order valence-electron chi connectivity index (χ4n) is 2.51. The zero-order chi connectivity index (χ0) is 16.1. The molecule has 1 aromatic carbocycles. The summed E-state index contributed by atoms with van der Waals surface area (Å²) in [6, 6.07) is 13.9. The molecule has 0 spiro atoms. The lowest BCUT2D eigenvalue weighted by atomic mass is 10.1. The highest BCUT2D eigenvalue weighted by molar-refractivity contribution is 7.17. The third-order valence-corrected chi connectivity index (χ3v) is 4.60. The average Bonchev–Trinajstić information content (AvgIpc) is 3.05. The van der Waals surface area contributed by atoms with Gasteiger partial charge in [0, 0.05) is 17.4 Å². The highest BCUT2D eigenvalue weighted by Crippen LogP contribution is 2.16. The molecule has 0 aliphatic heterocycles. The Hall–Kier alpha value is -2.40. The van der Waals surface area contributed by atoms with E-state index >= 15 is 0 Å². The molecule has 0 bridgehead atoms. The molecule has 5 heteroatoms. The van der Waals surface area contributed by atoms with E-state index in [4.69, 9.17) is 0 Å². The molecule has 0 fully saturated rings. The summed E-state index contributed by atoms with van der Waals surface area (Å²) < 4.78 is 2.41. The van der Waals surface area contributed by atoms with Crippen LogP contribution >= 0.6 is 11.3 Å². The van der Waals surface area contributed by atoms with Crippen molar-refractivity contribution in [2.75, 3.05) is 6.54 Å². The molecule has 4 nitrogen and oxygen atoms in total. The Balaban J connectivity index is 1.50. The maximum absolute atomic E-state index is 12.2. The summed E-state index contributed by atoms with van der Waals surface area (Å²) in [7, 11) is 0. The number of nitrogens with zero attached hydrogens (tertiary/aromatic N) is 1. The summed E-state index contributed by atoms with van der Waals surface area (Å²) >= 11 is 1.53. The normalized spacial score (nSPS) is 10.8. The Morgan fingerprint density at radius 3 is 2.78 bits per heavy atom. The van der Waals surface area contributed by atoms with Crippen LogP contribution in [0.2, 0.25) is 0 Å². The number of nitrogens with one attached hydrogen (secondary N) is 1. The van der Waals surface area contributed by atoms with Crippen LogP contribution in [-0.2, 0) is 17.8 Å². The van der Waals surface area contributed by atoms with Crippen LogP contribution in [0.3, 0.4) is 0 Å². The monoisotopic (exact) mass is 326 g/mol. The molecule has 0 saturated heterocycles. The van der Waals surface area contributed by atoms with Crippen LogP contribution in [0.25, 0.3) is 10.1 Å². The van der Waals surface area contributed by atoms with E-state index in [2.05, 4.69) is 17.4 Å². The van der Waals surface area contributed by atoms with Gasteiger partial charge in [-0.05, 0) is 35.9 Å². The van der Waals surface area contributed by atoms with Gasteiger partial charge in [0.2, 0.25) is 5.91 Å². The van der Waals surface area contributed by atoms with E-state index in [1.165, 1.54) is 21.5 Å². The number of amides is 1. The van der Waals surface area contributed by atoms with Gasteiger partial charge in [-0.3, -0.25) is 9.59 Å². The van der Waals surface area contributed by atoms with Crippen molar-refractivity contribution in [3.05, 3.63) is 70.0 Å². The number of benzene rings is 1. The van der Waals surface area contributed by atoms with Crippen LogP contribution in [0.4, 0.5) is 0 Å². The van der Waals surface area contributed by atoms with Crippen molar-refractivity contribution in [2.24, 2.45) is 0 Å². The minimum Gasteiger partial charge on any atom is -0.355 e. The highest BCUT2D eigenvalue weighted by atomic mass is 32.1. The molecule has 0 unspecified atom stereocenters. The maximum atomic E-state index is 12.2. The van der Waals surface area contributed by atoms with Crippen LogP contribution in [0.5, 0.6) is 0 Å². The summed E-state index contributed by atoms with van der Waals surface area (Å²) in [4.78, 5) is 24.2. The number of rotatable bonds is 6. The molecule has 3 rings (SSSR count). The fourth-order valence-corrected chi connectivity index (χ4v) is 3.28. The summed E-state index contributed by atoms with van der Waals surface area (Å²) in [6.07, 6.45) is 3.50. The SMILES string of the molecule is O=C(Cn1ccc2sccc2c1=O)NCCCc1ccccc1. The van der Waals surface area contributed by atoms with E-state index in [1.807, 2.05) is 29.6 Å². The number of hydrogen-bond donors (Lipinski definition) is 1. The number of hydrogen-bond acceptors (Lipinski definition) is 3. The number of pyridine rings is 1. The Morgan fingerprint density at radius 2 is 1.96 bits per heavy atom. The molecule has 0 atom stereocenters. The first kappa shape index (κ1) is 15.5. The molecule has 3 aromatic rings. The Bertz CT molecular complexity index is 852. The van der Waals surface area contributed by atoms with E-state index in [1.54, 1.807) is 12.3 Å². The van der Waals surface area contributed by atoms with Crippen molar-refractivity contribution in [3.63, 3.8) is 0 Å². The molecule has 2 heterocycles. The van der Waals surface area contributed by atoms with Crippen molar-refractivity contribution in [2.45, 2.75) is 19.4 Å². The fraction of sp³-hybridized carbons (Fsp3) is 0.222. The van der Waals surface area contributed by atoms with Crippen LogP contribution in [0.15, 0.2) is 58.8 Å². The van der Waals surface area contributed by atoms with Crippen molar-refractivity contribution in [1.82, 2.24) is 9.88 Å². The second-order valence-electron chi connectivity index (χ2n) is 5.39. The Labute approximate surface area is 138 Å². The summed E-state index contributed by atoms with van der Waals surface area (Å²) in [5.74, 6) is -0.130. The van der Waals surface area contributed by atoms with E-state index in [0.29, 0.717) is 11.9 Å². The standard InChI is InChI=1S/C18H18N2O2S/c21-17(19-10-4-7-14-5-2-1-3-6-14)13-20-11-8-16-15(18(20)22)9-12-23-16/h1-3,5-6,8-9,11-12H,4,7,10,13H2,(H,19,21). The van der Waals surface area contributed by atoms with Gasteiger partial charge in [-0.25, -0.2) is 0 Å². The zero-order valence-corrected chi connectivity index (χ0v) is 13.5. The van der Waals surface area contributed by atoms with E-state index in [0.717, 1.165) is 17.5 Å². The molecule has 118 valence electrons. The molecule has 2 aromatic heterocycles. The largest absolute Gasteiger partial charge is 0.355 e. The predicted molar refractivity (Wildman–Crippen MR) is 93.9 cm³/mol. The van der Waals surface area contributed by atoms with E-state index < -0.39 is 0 Å². The predicted octanol–water partition coefficient (Wildman–Crippen LogP) is 2.81. The second-order valence-corrected chi connectivity index (χ2v) is 6.33. The topological polar surface area (TPSA) is 51.1 Å². The number of carbonyl (C=O) groups is 1. The lowest BCUT2D eigenvalue weighted by Gasteiger charge is -2.07. The molecule has 0 radical (unpaired) electrons. The van der Waals surface area contributed by atoms with Crippen LogP contribution in [-0.4, -0.2) is 17.0 Å². The van der Waals surface area contributed by atoms with Gasteiger partial charge in [0.25, 0.3) is 5.56 Å². The summed E-state index contributed by atoms with van der Waals surface area (Å²) in [5.41, 5.74) is 1.16. The van der Waals surface area contributed by atoms with Gasteiger partial charge in [-0.15, -0.1) is 11.3 Å². The van der Waals surface area contributed by atoms with E-state index in [9.17, 15) is 9.59 Å². The quantitative estimate of drug-likeness (QED) is 0.708. The number of fused-ring (bicyclic) bond motifs is 1. The highest BCUT2D eigenvalue weighted by Gasteiger charge is 2.07. The van der Waals surface area contributed by atoms with Crippen LogP contribution in [0, 0.1) is 0 Å². The van der Waals surface area contributed by atoms with Crippen molar-refractivity contribution in [3.8, 4) is 0 Å². The molecular formula is C18H18N2O2S. The second kappa shape index (κ2) is 7.24. The lowest BCUT2D eigenvalue weighted by molar-refractivity contribution is -0.121. The average molecular weight is 326 g/mol. The first-order valence-electron chi connectivity index (χ1n) is 7.61. The minimum absolute atomic E-state index is 0.0654. The van der Waals surface area contributed by atoms with Crippen LogP contribution in [0.1, 0.15) is 12.0 Å². The molecular weight excluding hydrogens is 308 g/mol. The molecule has 0 aliphatic rings. The first-order chi connectivity index (χ1) is 11.2. The number of thiophene rings is 1. The molecule has 1 N–H and O–H groups in total. The molecule has 0 saturated carbocycles.